The molecule has 1 unspecified atom stereocenters. The molecule has 0 saturated carbocycles. The van der Waals surface area contributed by atoms with Crippen LogP contribution in [0.15, 0.2) is 12.1 Å². The molecule has 0 bridgehead atoms. The minimum atomic E-state index is -0.461. The number of ether oxygens (including phenoxy) is 3. The van der Waals surface area contributed by atoms with E-state index < -0.39 is 5.41 Å². The predicted molar refractivity (Wildman–Crippen MR) is 84.9 cm³/mol. The highest BCUT2D eigenvalue weighted by molar-refractivity contribution is 5.86. The first-order chi connectivity index (χ1) is 10.4. The van der Waals surface area contributed by atoms with Crippen LogP contribution in [0.25, 0.3) is 0 Å². The van der Waals surface area contributed by atoms with Crippen LogP contribution in [0.1, 0.15) is 31.9 Å². The third kappa shape index (κ3) is 2.65. The molecule has 5 nitrogen and oxygen atoms in total. The van der Waals surface area contributed by atoms with Gasteiger partial charge in [0.1, 0.15) is 5.78 Å². The average Bonchev–Trinajstić information content (AvgIpc) is 2.50. The predicted octanol–water partition coefficient (Wildman–Crippen LogP) is 2.68. The van der Waals surface area contributed by atoms with Gasteiger partial charge in [0, 0.05) is 24.4 Å². The lowest BCUT2D eigenvalue weighted by Crippen LogP contribution is -2.47. The first-order valence-electron chi connectivity index (χ1n) is 7.40. The third-order valence-corrected chi connectivity index (χ3v) is 4.54. The first kappa shape index (κ1) is 16.6. The zero-order chi connectivity index (χ0) is 16.5. The monoisotopic (exact) mass is 307 g/mol. The van der Waals surface area contributed by atoms with Gasteiger partial charge in [0.2, 0.25) is 5.75 Å². The van der Waals surface area contributed by atoms with Crippen LogP contribution in [0, 0.1) is 5.41 Å². The van der Waals surface area contributed by atoms with Gasteiger partial charge in [0.25, 0.3) is 0 Å². The van der Waals surface area contributed by atoms with Crippen LogP contribution in [-0.2, 0) is 4.79 Å². The number of likely N-dealkylation sites (tertiary alicyclic amines) is 1. The van der Waals surface area contributed by atoms with Gasteiger partial charge in [0.05, 0.1) is 21.3 Å². The fraction of sp³-hybridized carbons (Fsp3) is 0.588. The lowest BCUT2D eigenvalue weighted by molar-refractivity contribution is -0.135. The lowest BCUT2D eigenvalue weighted by Gasteiger charge is -2.44. The van der Waals surface area contributed by atoms with Crippen molar-refractivity contribution in [2.24, 2.45) is 5.41 Å². The molecule has 0 amide bonds. The Kier molecular flexibility index (Phi) is 4.66. The molecule has 1 heterocycles. The zero-order valence-electron chi connectivity index (χ0n) is 14.2. The van der Waals surface area contributed by atoms with E-state index in [9.17, 15) is 4.79 Å². The first-order valence-corrected chi connectivity index (χ1v) is 7.40. The SMILES string of the molecule is COc1cc(C2N(C)CCC(=O)C2(C)C)cc(OC)c1OC. The number of methoxy groups -OCH3 is 3. The topological polar surface area (TPSA) is 48.0 Å². The Balaban J connectivity index is 2.57. The summed E-state index contributed by atoms with van der Waals surface area (Å²) in [6.45, 7) is 4.75. The van der Waals surface area contributed by atoms with Gasteiger partial charge in [-0.2, -0.15) is 0 Å². The van der Waals surface area contributed by atoms with Gasteiger partial charge >= 0.3 is 0 Å². The van der Waals surface area contributed by atoms with Crippen LogP contribution in [0.5, 0.6) is 17.2 Å². The van der Waals surface area contributed by atoms with Crippen molar-refractivity contribution in [1.29, 1.82) is 0 Å². The summed E-state index contributed by atoms with van der Waals surface area (Å²) in [5.74, 6) is 2.07. The molecule has 1 aliphatic rings. The molecule has 0 aromatic heterocycles. The van der Waals surface area contributed by atoms with Crippen LogP contribution >= 0.6 is 0 Å². The molecule has 1 aromatic rings. The number of hydrogen-bond acceptors (Lipinski definition) is 5. The Morgan fingerprint density at radius 2 is 1.64 bits per heavy atom. The van der Waals surface area contributed by atoms with Crippen molar-refractivity contribution >= 4 is 5.78 Å². The van der Waals surface area contributed by atoms with E-state index in [2.05, 4.69) is 4.90 Å². The third-order valence-electron chi connectivity index (χ3n) is 4.54. The summed E-state index contributed by atoms with van der Waals surface area (Å²) in [7, 11) is 6.83. The Labute approximate surface area is 132 Å². The molecule has 2 rings (SSSR count). The van der Waals surface area contributed by atoms with Crippen LogP contribution in [0.4, 0.5) is 0 Å². The summed E-state index contributed by atoms with van der Waals surface area (Å²) in [6, 6.07) is 3.84. The number of carbonyl (C=O) groups is 1. The van der Waals surface area contributed by atoms with Gasteiger partial charge in [-0.1, -0.05) is 13.8 Å². The fourth-order valence-corrected chi connectivity index (χ4v) is 3.36. The highest BCUT2D eigenvalue weighted by atomic mass is 16.5. The largest absolute Gasteiger partial charge is 0.493 e. The van der Waals surface area contributed by atoms with Crippen molar-refractivity contribution < 1.29 is 19.0 Å². The average molecular weight is 307 g/mol. The maximum Gasteiger partial charge on any atom is 0.203 e. The molecule has 122 valence electrons. The standard InChI is InChI=1S/C17H25NO4/c1-17(2)14(19)7-8-18(3)16(17)11-9-12(20-4)15(22-6)13(10-11)21-5/h9-10,16H,7-8H2,1-6H3. The molecule has 0 aliphatic carbocycles. The summed E-state index contributed by atoms with van der Waals surface area (Å²) in [6.07, 6.45) is 0.588. The van der Waals surface area contributed by atoms with Crippen LogP contribution in [0.2, 0.25) is 0 Å². The number of Topliss-reactive ketones (excluding diaryl/α,β-unsaturated/α-hetero) is 1. The van der Waals surface area contributed by atoms with Crippen LogP contribution < -0.4 is 14.2 Å². The Morgan fingerprint density at radius 1 is 1.09 bits per heavy atom. The number of piperidine rings is 1. The van der Waals surface area contributed by atoms with Gasteiger partial charge in [-0.3, -0.25) is 9.69 Å². The second kappa shape index (κ2) is 6.16. The van der Waals surface area contributed by atoms with Crippen molar-refractivity contribution in [3.8, 4) is 17.2 Å². The molecule has 5 heteroatoms. The molecule has 0 spiro atoms. The van der Waals surface area contributed by atoms with E-state index in [1.54, 1.807) is 21.3 Å². The number of benzene rings is 1. The van der Waals surface area contributed by atoms with Crippen LogP contribution in [-0.4, -0.2) is 45.6 Å². The van der Waals surface area contributed by atoms with Crippen LogP contribution in [0.3, 0.4) is 0 Å². The van der Waals surface area contributed by atoms with E-state index in [0.717, 1.165) is 12.1 Å². The highest BCUT2D eigenvalue weighted by Gasteiger charge is 2.43. The molecular weight excluding hydrogens is 282 g/mol. The number of hydrogen-bond donors (Lipinski definition) is 0. The summed E-state index contributed by atoms with van der Waals surface area (Å²) in [4.78, 5) is 14.6. The number of rotatable bonds is 4. The number of carbonyl (C=O) groups excluding carboxylic acids is 1. The molecule has 1 fully saturated rings. The molecule has 1 saturated heterocycles. The minimum absolute atomic E-state index is 0.0255. The van der Waals surface area contributed by atoms with Crippen molar-refractivity contribution in [3.05, 3.63) is 17.7 Å². The summed E-state index contributed by atoms with van der Waals surface area (Å²) >= 11 is 0. The smallest absolute Gasteiger partial charge is 0.203 e. The van der Waals surface area contributed by atoms with E-state index >= 15 is 0 Å². The van der Waals surface area contributed by atoms with E-state index in [1.807, 2.05) is 33.0 Å². The highest BCUT2D eigenvalue weighted by Crippen LogP contribution is 2.47. The van der Waals surface area contributed by atoms with E-state index in [-0.39, 0.29) is 11.8 Å². The maximum atomic E-state index is 12.4. The fourth-order valence-electron chi connectivity index (χ4n) is 3.36. The quantitative estimate of drug-likeness (QED) is 0.856. The molecule has 1 atom stereocenters. The Hall–Kier alpha value is -1.75. The summed E-state index contributed by atoms with van der Waals surface area (Å²) in [5.41, 5.74) is 0.535. The molecule has 1 aliphatic heterocycles. The Morgan fingerprint density at radius 3 is 2.09 bits per heavy atom. The van der Waals surface area contributed by atoms with Crippen molar-refractivity contribution in [2.75, 3.05) is 34.9 Å². The van der Waals surface area contributed by atoms with Gasteiger partial charge in [-0.05, 0) is 24.7 Å². The number of ketones is 1. The van der Waals surface area contributed by atoms with E-state index in [1.165, 1.54) is 0 Å². The van der Waals surface area contributed by atoms with Crippen molar-refractivity contribution in [1.82, 2.24) is 4.90 Å². The van der Waals surface area contributed by atoms with Gasteiger partial charge in [-0.15, -0.1) is 0 Å². The maximum absolute atomic E-state index is 12.4. The van der Waals surface area contributed by atoms with Crippen molar-refractivity contribution in [3.63, 3.8) is 0 Å². The van der Waals surface area contributed by atoms with Gasteiger partial charge in [-0.25, -0.2) is 0 Å². The van der Waals surface area contributed by atoms with Gasteiger partial charge in [0.15, 0.2) is 11.5 Å². The van der Waals surface area contributed by atoms with E-state index in [4.69, 9.17) is 14.2 Å². The molecule has 0 radical (unpaired) electrons. The van der Waals surface area contributed by atoms with E-state index in [0.29, 0.717) is 23.7 Å². The zero-order valence-corrected chi connectivity index (χ0v) is 14.2. The molecule has 22 heavy (non-hydrogen) atoms. The molecular formula is C17H25NO4. The van der Waals surface area contributed by atoms with Crippen molar-refractivity contribution in [2.45, 2.75) is 26.3 Å². The minimum Gasteiger partial charge on any atom is -0.493 e. The van der Waals surface area contributed by atoms with Gasteiger partial charge < -0.3 is 14.2 Å². The summed E-state index contributed by atoms with van der Waals surface area (Å²) in [5, 5.41) is 0. The lowest BCUT2D eigenvalue weighted by atomic mass is 9.72. The normalized spacial score (nSPS) is 21.5. The molecule has 0 N–H and O–H groups in total. The summed E-state index contributed by atoms with van der Waals surface area (Å²) < 4.78 is 16.2. The second-order valence-corrected chi connectivity index (χ2v) is 6.24. The Bertz CT molecular complexity index is 543. The number of nitrogens with zero attached hydrogens (tertiary/aromatic N) is 1. The second-order valence-electron chi connectivity index (χ2n) is 6.24. The molecule has 1 aromatic carbocycles.